The Morgan fingerprint density at radius 1 is 1.44 bits per heavy atom. The lowest BCUT2D eigenvalue weighted by atomic mass is 10.1. The van der Waals surface area contributed by atoms with E-state index in [4.69, 9.17) is 5.26 Å². The summed E-state index contributed by atoms with van der Waals surface area (Å²) in [4.78, 5) is 24.8. The van der Waals surface area contributed by atoms with Crippen LogP contribution in [0.25, 0.3) is 0 Å². The molecule has 1 unspecified atom stereocenters. The van der Waals surface area contributed by atoms with Crippen LogP contribution in [0.1, 0.15) is 6.92 Å². The summed E-state index contributed by atoms with van der Waals surface area (Å²) in [6.07, 6.45) is 1.56. The molecule has 0 aliphatic rings. The van der Waals surface area contributed by atoms with Crippen LogP contribution in [-0.2, 0) is 9.59 Å². The van der Waals surface area contributed by atoms with E-state index in [2.05, 4.69) is 6.58 Å². The van der Waals surface area contributed by atoms with Gasteiger partial charge in [-0.1, -0.05) is 24.3 Å². The number of hydrogen-bond acceptors (Lipinski definition) is 3. The van der Waals surface area contributed by atoms with E-state index < -0.39 is 17.6 Å². The Balaban J connectivity index is 3.07. The van der Waals surface area contributed by atoms with Crippen molar-refractivity contribution in [3.8, 4) is 6.07 Å². The minimum Gasteiger partial charge on any atom is -0.307 e. The lowest BCUT2D eigenvalue weighted by Crippen LogP contribution is -2.38. The Labute approximate surface area is 106 Å². The summed E-state index contributed by atoms with van der Waals surface area (Å²) >= 11 is 0. The second kappa shape index (κ2) is 6.36. The molecule has 0 aromatic heterocycles. The zero-order chi connectivity index (χ0) is 13.5. The van der Waals surface area contributed by atoms with Gasteiger partial charge in [0.05, 0.1) is 6.07 Å². The zero-order valence-corrected chi connectivity index (χ0v) is 10.2. The fourth-order valence-corrected chi connectivity index (χ4v) is 1.54. The smallest absolute Gasteiger partial charge is 0.252 e. The molecule has 1 aromatic rings. The number of carbonyl (C=O) groups is 2. The third-order valence-corrected chi connectivity index (χ3v) is 2.43. The lowest BCUT2D eigenvalue weighted by molar-refractivity contribution is -0.128. The van der Waals surface area contributed by atoms with Gasteiger partial charge in [0.15, 0.2) is 11.7 Å². The quantitative estimate of drug-likeness (QED) is 0.585. The van der Waals surface area contributed by atoms with Crippen molar-refractivity contribution in [3.63, 3.8) is 0 Å². The summed E-state index contributed by atoms with van der Waals surface area (Å²) < 4.78 is 0. The maximum Gasteiger partial charge on any atom is 0.252 e. The highest BCUT2D eigenvalue weighted by molar-refractivity contribution is 6.09. The second-order valence-electron chi connectivity index (χ2n) is 3.75. The first kappa shape index (κ1) is 13.7. The van der Waals surface area contributed by atoms with Gasteiger partial charge in [-0.05, 0) is 19.1 Å². The Morgan fingerprint density at radius 2 is 2.06 bits per heavy atom. The van der Waals surface area contributed by atoms with Gasteiger partial charge in [0, 0.05) is 12.2 Å². The average Bonchev–Trinajstić information content (AvgIpc) is 2.37. The van der Waals surface area contributed by atoms with E-state index in [1.807, 2.05) is 6.07 Å². The number of carbonyl (C=O) groups excluding carboxylic acids is 2. The Kier molecular flexibility index (Phi) is 4.82. The lowest BCUT2D eigenvalue weighted by Gasteiger charge is -2.22. The summed E-state index contributed by atoms with van der Waals surface area (Å²) in [5.74, 6) is -2.23. The van der Waals surface area contributed by atoms with Crippen LogP contribution >= 0.6 is 0 Å². The molecule has 0 saturated carbocycles. The van der Waals surface area contributed by atoms with Gasteiger partial charge in [0.25, 0.3) is 5.91 Å². The highest BCUT2D eigenvalue weighted by Gasteiger charge is 2.28. The molecule has 4 nitrogen and oxygen atoms in total. The van der Waals surface area contributed by atoms with Crippen LogP contribution in [0, 0.1) is 17.2 Å². The van der Waals surface area contributed by atoms with E-state index in [1.54, 1.807) is 36.4 Å². The predicted octanol–water partition coefficient (Wildman–Crippen LogP) is 1.93. The van der Waals surface area contributed by atoms with Crippen molar-refractivity contribution < 1.29 is 9.59 Å². The summed E-state index contributed by atoms with van der Waals surface area (Å²) in [5.41, 5.74) is 0.643. The van der Waals surface area contributed by atoms with Gasteiger partial charge in [0.2, 0.25) is 0 Å². The van der Waals surface area contributed by atoms with Gasteiger partial charge >= 0.3 is 0 Å². The fraction of sp³-hybridized carbons (Fsp3) is 0.214. The normalized spacial score (nSPS) is 11.1. The molecule has 1 atom stereocenters. The average molecular weight is 242 g/mol. The molecule has 0 aliphatic heterocycles. The molecule has 4 heteroatoms. The third-order valence-electron chi connectivity index (χ3n) is 2.43. The van der Waals surface area contributed by atoms with Crippen LogP contribution in [0.2, 0.25) is 0 Å². The van der Waals surface area contributed by atoms with E-state index in [0.717, 1.165) is 0 Å². The fourth-order valence-electron chi connectivity index (χ4n) is 1.54. The van der Waals surface area contributed by atoms with E-state index in [0.29, 0.717) is 5.69 Å². The van der Waals surface area contributed by atoms with Crippen molar-refractivity contribution in [2.24, 2.45) is 5.92 Å². The van der Waals surface area contributed by atoms with Gasteiger partial charge in [-0.3, -0.25) is 9.59 Å². The Bertz CT molecular complexity index is 488. The first-order valence-electron chi connectivity index (χ1n) is 5.49. The largest absolute Gasteiger partial charge is 0.307 e. The molecule has 0 radical (unpaired) electrons. The first-order chi connectivity index (χ1) is 8.61. The van der Waals surface area contributed by atoms with Crippen molar-refractivity contribution in [1.29, 1.82) is 5.26 Å². The van der Waals surface area contributed by atoms with Crippen molar-refractivity contribution >= 4 is 17.4 Å². The van der Waals surface area contributed by atoms with Crippen LogP contribution in [0.3, 0.4) is 0 Å². The van der Waals surface area contributed by atoms with Crippen molar-refractivity contribution in [1.82, 2.24) is 0 Å². The minimum atomic E-state index is -1.26. The number of para-hydroxylation sites is 1. The standard InChI is InChI=1S/C14H14N2O2/c1-3-9-16(12-7-5-4-6-8-12)14(18)13(10-15)11(2)17/h3-8,13H,1,9H2,2H3. The molecule has 18 heavy (non-hydrogen) atoms. The summed E-state index contributed by atoms with van der Waals surface area (Å²) in [7, 11) is 0. The number of Topliss-reactive ketones (excluding diaryl/α,β-unsaturated/α-hetero) is 1. The Hall–Kier alpha value is -2.41. The van der Waals surface area contributed by atoms with Gasteiger partial charge in [-0.2, -0.15) is 5.26 Å². The van der Waals surface area contributed by atoms with Crippen LogP contribution in [-0.4, -0.2) is 18.2 Å². The van der Waals surface area contributed by atoms with E-state index in [-0.39, 0.29) is 6.54 Å². The molecule has 0 saturated heterocycles. The van der Waals surface area contributed by atoms with Crippen LogP contribution in [0.5, 0.6) is 0 Å². The number of benzene rings is 1. The third kappa shape index (κ3) is 3.05. The van der Waals surface area contributed by atoms with Gasteiger partial charge < -0.3 is 4.90 Å². The number of hydrogen-bond donors (Lipinski definition) is 0. The second-order valence-corrected chi connectivity index (χ2v) is 3.75. The van der Waals surface area contributed by atoms with Gasteiger partial charge in [-0.25, -0.2) is 0 Å². The summed E-state index contributed by atoms with van der Waals surface area (Å²) in [6, 6.07) is 10.6. The van der Waals surface area contributed by atoms with E-state index >= 15 is 0 Å². The minimum absolute atomic E-state index is 0.258. The maximum atomic E-state index is 12.1. The molecular weight excluding hydrogens is 228 g/mol. The van der Waals surface area contributed by atoms with Crippen molar-refractivity contribution in [2.75, 3.05) is 11.4 Å². The number of nitriles is 1. The topological polar surface area (TPSA) is 61.2 Å². The molecule has 1 rings (SSSR count). The molecule has 92 valence electrons. The number of rotatable bonds is 5. The zero-order valence-electron chi connectivity index (χ0n) is 10.2. The van der Waals surface area contributed by atoms with Crippen LogP contribution in [0.4, 0.5) is 5.69 Å². The molecule has 1 aromatic carbocycles. The van der Waals surface area contributed by atoms with Gasteiger partial charge in [0.1, 0.15) is 0 Å². The number of amides is 1. The van der Waals surface area contributed by atoms with E-state index in [1.165, 1.54) is 11.8 Å². The van der Waals surface area contributed by atoms with Crippen molar-refractivity contribution in [2.45, 2.75) is 6.92 Å². The molecule has 0 fully saturated rings. The molecular formula is C14H14N2O2. The molecule has 0 aliphatic carbocycles. The molecule has 0 bridgehead atoms. The highest BCUT2D eigenvalue weighted by atomic mass is 16.2. The molecule has 0 spiro atoms. The van der Waals surface area contributed by atoms with Crippen LogP contribution < -0.4 is 4.90 Å². The SMILES string of the molecule is C=CCN(C(=O)C(C#N)C(C)=O)c1ccccc1. The number of anilines is 1. The summed E-state index contributed by atoms with van der Waals surface area (Å²) in [6.45, 7) is 5.07. The molecule has 0 N–H and O–H groups in total. The molecule has 1 amide bonds. The van der Waals surface area contributed by atoms with Gasteiger partial charge in [-0.15, -0.1) is 6.58 Å². The Morgan fingerprint density at radius 3 is 2.50 bits per heavy atom. The number of nitrogens with zero attached hydrogens (tertiary/aromatic N) is 2. The maximum absolute atomic E-state index is 12.1. The first-order valence-corrected chi connectivity index (χ1v) is 5.49. The van der Waals surface area contributed by atoms with Crippen molar-refractivity contribution in [3.05, 3.63) is 43.0 Å². The van der Waals surface area contributed by atoms with E-state index in [9.17, 15) is 9.59 Å². The van der Waals surface area contributed by atoms with Crippen LogP contribution in [0.15, 0.2) is 43.0 Å². The molecule has 0 heterocycles. The monoisotopic (exact) mass is 242 g/mol. The highest BCUT2D eigenvalue weighted by Crippen LogP contribution is 2.16. The summed E-state index contributed by atoms with van der Waals surface area (Å²) in [5, 5.41) is 8.89. The number of ketones is 1. The predicted molar refractivity (Wildman–Crippen MR) is 68.8 cm³/mol.